The number of hydrogen-bond acceptors (Lipinski definition) is 5. The SMILES string of the molecule is CC(C)CCC(=O)OC(C)C(=O)Nc1ccc(S(=O)(=O)NC(C)C)cc1. The lowest BCUT2D eigenvalue weighted by Crippen LogP contribution is -2.30. The topological polar surface area (TPSA) is 102 Å². The normalized spacial score (nSPS) is 12.9. The smallest absolute Gasteiger partial charge is 0.306 e. The van der Waals surface area contributed by atoms with Gasteiger partial charge in [0.1, 0.15) is 0 Å². The molecular weight excluding hydrogens is 356 g/mol. The Morgan fingerprint density at radius 1 is 1.04 bits per heavy atom. The van der Waals surface area contributed by atoms with Crippen LogP contribution < -0.4 is 10.0 Å². The average Bonchev–Trinajstić information content (AvgIpc) is 2.52. The van der Waals surface area contributed by atoms with Gasteiger partial charge in [-0.15, -0.1) is 0 Å². The molecule has 26 heavy (non-hydrogen) atoms. The maximum absolute atomic E-state index is 12.1. The second-order valence-corrected chi connectivity index (χ2v) is 8.57. The fourth-order valence-electron chi connectivity index (χ4n) is 2.06. The molecule has 0 heterocycles. The highest BCUT2D eigenvalue weighted by Crippen LogP contribution is 2.15. The van der Waals surface area contributed by atoms with Crippen LogP contribution >= 0.6 is 0 Å². The van der Waals surface area contributed by atoms with Gasteiger partial charge in [-0.1, -0.05) is 13.8 Å². The maximum atomic E-state index is 12.1. The van der Waals surface area contributed by atoms with Crippen LogP contribution in [0.1, 0.15) is 47.5 Å². The van der Waals surface area contributed by atoms with Crippen molar-refractivity contribution in [2.45, 2.75) is 64.5 Å². The van der Waals surface area contributed by atoms with Gasteiger partial charge < -0.3 is 10.1 Å². The van der Waals surface area contributed by atoms with Crippen LogP contribution in [-0.4, -0.2) is 32.4 Å². The molecule has 1 unspecified atom stereocenters. The van der Waals surface area contributed by atoms with E-state index in [1.807, 2.05) is 13.8 Å². The van der Waals surface area contributed by atoms with Gasteiger partial charge in [-0.05, 0) is 57.4 Å². The largest absolute Gasteiger partial charge is 0.453 e. The Bertz CT molecular complexity index is 712. The summed E-state index contributed by atoms with van der Waals surface area (Å²) in [7, 11) is -3.58. The number of hydrogen-bond donors (Lipinski definition) is 2. The minimum Gasteiger partial charge on any atom is -0.453 e. The molecule has 0 spiro atoms. The van der Waals surface area contributed by atoms with Crippen molar-refractivity contribution in [2.24, 2.45) is 5.92 Å². The van der Waals surface area contributed by atoms with Gasteiger partial charge in [-0.3, -0.25) is 9.59 Å². The van der Waals surface area contributed by atoms with Crippen molar-refractivity contribution in [3.05, 3.63) is 24.3 Å². The number of carbonyl (C=O) groups is 2. The van der Waals surface area contributed by atoms with Crippen molar-refractivity contribution >= 4 is 27.6 Å². The highest BCUT2D eigenvalue weighted by atomic mass is 32.2. The van der Waals surface area contributed by atoms with Crippen LogP contribution in [0.15, 0.2) is 29.2 Å². The highest BCUT2D eigenvalue weighted by molar-refractivity contribution is 7.89. The Kier molecular flexibility index (Phi) is 8.23. The summed E-state index contributed by atoms with van der Waals surface area (Å²) in [5.74, 6) is -0.506. The van der Waals surface area contributed by atoms with Crippen molar-refractivity contribution in [3.63, 3.8) is 0 Å². The molecule has 1 rings (SSSR count). The van der Waals surface area contributed by atoms with E-state index in [1.54, 1.807) is 13.8 Å². The first-order valence-electron chi connectivity index (χ1n) is 8.64. The lowest BCUT2D eigenvalue weighted by molar-refractivity contribution is -0.153. The quantitative estimate of drug-likeness (QED) is 0.638. The van der Waals surface area contributed by atoms with Crippen LogP contribution in [0.5, 0.6) is 0 Å². The first-order chi connectivity index (χ1) is 12.0. The monoisotopic (exact) mass is 384 g/mol. The molecule has 1 aromatic rings. The Hall–Kier alpha value is -1.93. The predicted molar refractivity (Wildman–Crippen MR) is 100 cm³/mol. The number of esters is 1. The third-order valence-corrected chi connectivity index (χ3v) is 5.10. The van der Waals surface area contributed by atoms with E-state index >= 15 is 0 Å². The molecule has 7 nitrogen and oxygen atoms in total. The van der Waals surface area contributed by atoms with Crippen LogP contribution in [-0.2, 0) is 24.3 Å². The molecule has 146 valence electrons. The fraction of sp³-hybridized carbons (Fsp3) is 0.556. The molecule has 0 bridgehead atoms. The molecule has 1 amide bonds. The first-order valence-corrected chi connectivity index (χ1v) is 10.1. The van der Waals surface area contributed by atoms with Gasteiger partial charge in [0.05, 0.1) is 4.90 Å². The number of ether oxygens (including phenoxy) is 1. The molecule has 0 radical (unpaired) electrons. The summed E-state index contributed by atoms with van der Waals surface area (Å²) in [4.78, 5) is 23.9. The number of carbonyl (C=O) groups excluding carboxylic acids is 2. The minimum absolute atomic E-state index is 0.109. The molecule has 1 aromatic carbocycles. The summed E-state index contributed by atoms with van der Waals surface area (Å²) < 4.78 is 31.7. The van der Waals surface area contributed by atoms with Crippen LogP contribution in [0.25, 0.3) is 0 Å². The van der Waals surface area contributed by atoms with Gasteiger partial charge >= 0.3 is 5.97 Å². The van der Waals surface area contributed by atoms with E-state index in [9.17, 15) is 18.0 Å². The van der Waals surface area contributed by atoms with Gasteiger partial charge in [-0.25, -0.2) is 13.1 Å². The van der Waals surface area contributed by atoms with Gasteiger partial charge in [0.2, 0.25) is 10.0 Å². The van der Waals surface area contributed by atoms with E-state index in [0.717, 1.165) is 0 Å². The van der Waals surface area contributed by atoms with E-state index in [4.69, 9.17) is 4.74 Å². The first kappa shape index (κ1) is 22.1. The number of rotatable bonds is 9. The Labute approximate surface area is 155 Å². The Balaban J connectivity index is 2.63. The lowest BCUT2D eigenvalue weighted by atomic mass is 10.1. The fourth-order valence-corrected chi connectivity index (χ4v) is 3.31. The zero-order chi connectivity index (χ0) is 19.9. The summed E-state index contributed by atoms with van der Waals surface area (Å²) in [6.07, 6.45) is 0.0405. The molecule has 0 fully saturated rings. The zero-order valence-corrected chi connectivity index (χ0v) is 16.7. The van der Waals surface area contributed by atoms with Crippen molar-refractivity contribution in [2.75, 3.05) is 5.32 Å². The summed E-state index contributed by atoms with van der Waals surface area (Å²) in [6, 6.07) is 5.56. The molecule has 0 aliphatic heterocycles. The van der Waals surface area contributed by atoms with Crippen molar-refractivity contribution in [3.8, 4) is 0 Å². The van der Waals surface area contributed by atoms with Crippen LogP contribution in [0, 0.1) is 5.92 Å². The van der Waals surface area contributed by atoms with Crippen molar-refractivity contribution < 1.29 is 22.7 Å². The number of benzene rings is 1. The van der Waals surface area contributed by atoms with Gasteiger partial charge in [0, 0.05) is 18.2 Å². The second-order valence-electron chi connectivity index (χ2n) is 6.85. The Morgan fingerprint density at radius 3 is 2.12 bits per heavy atom. The Morgan fingerprint density at radius 2 is 1.62 bits per heavy atom. The van der Waals surface area contributed by atoms with E-state index in [1.165, 1.54) is 31.2 Å². The molecule has 0 aliphatic carbocycles. The molecular formula is C18H28N2O5S. The number of anilines is 1. The zero-order valence-electron chi connectivity index (χ0n) is 15.9. The van der Waals surface area contributed by atoms with E-state index in [0.29, 0.717) is 18.0 Å². The number of sulfonamides is 1. The second kappa shape index (κ2) is 9.68. The van der Waals surface area contributed by atoms with Gasteiger partial charge in [0.15, 0.2) is 6.10 Å². The summed E-state index contributed by atoms with van der Waals surface area (Å²) in [5.41, 5.74) is 0.420. The molecule has 2 N–H and O–H groups in total. The third-order valence-electron chi connectivity index (χ3n) is 3.43. The molecule has 1 atom stereocenters. The molecule has 8 heteroatoms. The summed E-state index contributed by atoms with van der Waals surface area (Å²) in [5, 5.41) is 2.60. The summed E-state index contributed by atoms with van der Waals surface area (Å²) >= 11 is 0. The molecule has 0 saturated heterocycles. The highest BCUT2D eigenvalue weighted by Gasteiger charge is 2.19. The van der Waals surface area contributed by atoms with E-state index in [-0.39, 0.29) is 17.4 Å². The minimum atomic E-state index is -3.58. The lowest BCUT2D eigenvalue weighted by Gasteiger charge is -2.14. The predicted octanol–water partition coefficient (Wildman–Crippen LogP) is 2.68. The van der Waals surface area contributed by atoms with Crippen LogP contribution in [0.2, 0.25) is 0 Å². The van der Waals surface area contributed by atoms with Crippen LogP contribution in [0.3, 0.4) is 0 Å². The standard InChI is InChI=1S/C18H28N2O5S/c1-12(2)6-11-17(21)25-14(5)18(22)19-15-7-9-16(10-8-15)26(23,24)20-13(3)4/h7-10,12-14,20H,6,11H2,1-5H3,(H,19,22). The molecule has 0 aromatic heterocycles. The molecule has 0 aliphatic rings. The average molecular weight is 384 g/mol. The van der Waals surface area contributed by atoms with Crippen molar-refractivity contribution in [1.29, 1.82) is 0 Å². The number of nitrogens with one attached hydrogen (secondary N) is 2. The molecule has 0 saturated carbocycles. The maximum Gasteiger partial charge on any atom is 0.306 e. The van der Waals surface area contributed by atoms with Crippen LogP contribution in [0.4, 0.5) is 5.69 Å². The van der Waals surface area contributed by atoms with Crippen molar-refractivity contribution in [1.82, 2.24) is 4.72 Å². The third kappa shape index (κ3) is 7.53. The van der Waals surface area contributed by atoms with E-state index in [2.05, 4.69) is 10.0 Å². The summed E-state index contributed by atoms with van der Waals surface area (Å²) in [6.45, 7) is 8.97. The van der Waals surface area contributed by atoms with Gasteiger partial charge in [0.25, 0.3) is 5.91 Å². The van der Waals surface area contributed by atoms with E-state index < -0.39 is 28.0 Å². The van der Waals surface area contributed by atoms with Gasteiger partial charge in [-0.2, -0.15) is 0 Å². The number of amides is 1.